The monoisotopic (exact) mass is 433 g/mol. The molecular formula is C25H20ClNO4. The first-order valence-corrected chi connectivity index (χ1v) is 10.1. The standard InChI is InChI=1S/C25H20ClNO4/c1-15-7-6-8-16(13-15)22-21(23(28)19-14-18(31-2)11-12-20(19)26)24(29)25(30)27(22)17-9-4-3-5-10-17/h3-14,22,28H,1-2H3/b23-21+. The second-order valence-corrected chi connectivity index (χ2v) is 7.67. The first-order valence-electron chi connectivity index (χ1n) is 9.69. The van der Waals surface area contributed by atoms with Gasteiger partial charge in [-0.05, 0) is 42.8 Å². The molecule has 1 saturated heterocycles. The van der Waals surface area contributed by atoms with E-state index >= 15 is 0 Å². The number of anilines is 1. The lowest BCUT2D eigenvalue weighted by molar-refractivity contribution is -0.132. The van der Waals surface area contributed by atoms with Crippen LogP contribution in [0.4, 0.5) is 5.69 Å². The third-order valence-electron chi connectivity index (χ3n) is 5.27. The molecule has 3 aromatic rings. The van der Waals surface area contributed by atoms with Gasteiger partial charge in [-0.2, -0.15) is 0 Å². The Kier molecular flexibility index (Phi) is 5.53. The summed E-state index contributed by atoms with van der Waals surface area (Å²) in [5.74, 6) is -1.35. The molecule has 1 amide bonds. The van der Waals surface area contributed by atoms with Crippen molar-refractivity contribution in [3.05, 3.63) is 100 Å². The molecule has 0 spiro atoms. The third-order valence-corrected chi connectivity index (χ3v) is 5.59. The van der Waals surface area contributed by atoms with Crippen LogP contribution in [-0.2, 0) is 9.59 Å². The normalized spacial score (nSPS) is 17.8. The minimum atomic E-state index is -0.801. The van der Waals surface area contributed by atoms with E-state index in [-0.39, 0.29) is 21.9 Å². The Balaban J connectivity index is 1.98. The zero-order valence-corrected chi connectivity index (χ0v) is 17.8. The van der Waals surface area contributed by atoms with Gasteiger partial charge < -0.3 is 9.84 Å². The van der Waals surface area contributed by atoms with E-state index in [0.717, 1.165) is 5.56 Å². The molecule has 0 aliphatic carbocycles. The van der Waals surface area contributed by atoms with Crippen LogP contribution in [0.2, 0.25) is 5.02 Å². The first kappa shape index (κ1) is 20.7. The number of amides is 1. The van der Waals surface area contributed by atoms with E-state index < -0.39 is 17.7 Å². The number of methoxy groups -OCH3 is 1. The summed E-state index contributed by atoms with van der Waals surface area (Å²) in [6.07, 6.45) is 0. The number of nitrogens with zero attached hydrogens (tertiary/aromatic N) is 1. The van der Waals surface area contributed by atoms with Crippen LogP contribution in [0.3, 0.4) is 0 Å². The molecule has 1 unspecified atom stereocenters. The predicted molar refractivity (Wildman–Crippen MR) is 120 cm³/mol. The Labute approximate surface area is 185 Å². The quantitative estimate of drug-likeness (QED) is 0.345. The number of ketones is 1. The van der Waals surface area contributed by atoms with Gasteiger partial charge >= 0.3 is 0 Å². The number of Topliss-reactive ketones (excluding diaryl/α,β-unsaturated/α-hetero) is 1. The number of hydrogen-bond donors (Lipinski definition) is 1. The summed E-state index contributed by atoms with van der Waals surface area (Å²) in [5, 5.41) is 11.5. The average Bonchev–Trinajstić information content (AvgIpc) is 3.05. The van der Waals surface area contributed by atoms with Crippen LogP contribution in [0, 0.1) is 6.92 Å². The van der Waals surface area contributed by atoms with Crippen LogP contribution in [0.1, 0.15) is 22.7 Å². The molecule has 1 N–H and O–H groups in total. The molecule has 1 aliphatic heterocycles. The largest absolute Gasteiger partial charge is 0.507 e. The second-order valence-electron chi connectivity index (χ2n) is 7.26. The number of carbonyl (C=O) groups excluding carboxylic acids is 2. The lowest BCUT2D eigenvalue weighted by atomic mass is 9.94. The highest BCUT2D eigenvalue weighted by Gasteiger charge is 2.47. The number of carbonyl (C=O) groups is 2. The summed E-state index contributed by atoms with van der Waals surface area (Å²) in [6, 6.07) is 20.4. The Morgan fingerprint density at radius 2 is 1.74 bits per heavy atom. The number of benzene rings is 3. The zero-order chi connectivity index (χ0) is 22.1. The highest BCUT2D eigenvalue weighted by Crippen LogP contribution is 2.43. The van der Waals surface area contributed by atoms with Crippen LogP contribution in [0.15, 0.2) is 78.4 Å². The maximum absolute atomic E-state index is 13.2. The molecule has 31 heavy (non-hydrogen) atoms. The van der Waals surface area contributed by atoms with Crippen molar-refractivity contribution in [3.8, 4) is 5.75 Å². The van der Waals surface area contributed by atoms with Crippen molar-refractivity contribution in [2.45, 2.75) is 13.0 Å². The molecule has 5 nitrogen and oxygen atoms in total. The number of para-hydroxylation sites is 1. The van der Waals surface area contributed by atoms with Crippen LogP contribution in [0.25, 0.3) is 5.76 Å². The molecule has 1 aliphatic rings. The molecule has 3 aromatic carbocycles. The van der Waals surface area contributed by atoms with Gasteiger partial charge in [0.25, 0.3) is 11.7 Å². The fraction of sp³-hybridized carbons (Fsp3) is 0.120. The first-order chi connectivity index (χ1) is 14.9. The Bertz CT molecular complexity index is 1200. The number of rotatable bonds is 4. The molecule has 1 atom stereocenters. The van der Waals surface area contributed by atoms with Gasteiger partial charge in [-0.15, -0.1) is 0 Å². The van der Waals surface area contributed by atoms with E-state index in [2.05, 4.69) is 0 Å². The van der Waals surface area contributed by atoms with Gasteiger partial charge in [-0.3, -0.25) is 14.5 Å². The van der Waals surface area contributed by atoms with Gasteiger partial charge in [0.05, 0.1) is 23.7 Å². The fourth-order valence-electron chi connectivity index (χ4n) is 3.80. The molecule has 0 radical (unpaired) electrons. The smallest absolute Gasteiger partial charge is 0.300 e. The number of halogens is 1. The summed E-state index contributed by atoms with van der Waals surface area (Å²) < 4.78 is 5.23. The summed E-state index contributed by atoms with van der Waals surface area (Å²) in [6.45, 7) is 1.93. The topological polar surface area (TPSA) is 66.8 Å². The Hall–Kier alpha value is -3.57. The molecule has 0 aromatic heterocycles. The molecule has 1 heterocycles. The predicted octanol–water partition coefficient (Wildman–Crippen LogP) is 5.28. The van der Waals surface area contributed by atoms with Crippen molar-refractivity contribution in [3.63, 3.8) is 0 Å². The van der Waals surface area contributed by atoms with Gasteiger partial charge in [-0.1, -0.05) is 59.6 Å². The molecule has 156 valence electrons. The van der Waals surface area contributed by atoms with Crippen molar-refractivity contribution in [1.29, 1.82) is 0 Å². The van der Waals surface area contributed by atoms with Crippen LogP contribution >= 0.6 is 11.6 Å². The van der Waals surface area contributed by atoms with Crippen LogP contribution in [0.5, 0.6) is 5.75 Å². The average molecular weight is 434 g/mol. The van der Waals surface area contributed by atoms with E-state index in [1.54, 1.807) is 42.5 Å². The minimum Gasteiger partial charge on any atom is -0.507 e. The number of aliphatic hydroxyl groups is 1. The van der Waals surface area contributed by atoms with Crippen LogP contribution < -0.4 is 9.64 Å². The van der Waals surface area contributed by atoms with Gasteiger partial charge in [0.15, 0.2) is 0 Å². The Morgan fingerprint density at radius 1 is 1.00 bits per heavy atom. The summed E-state index contributed by atoms with van der Waals surface area (Å²) in [7, 11) is 1.49. The van der Waals surface area contributed by atoms with Gasteiger partial charge in [0, 0.05) is 11.3 Å². The van der Waals surface area contributed by atoms with E-state index in [1.807, 2.05) is 37.3 Å². The zero-order valence-electron chi connectivity index (χ0n) is 17.0. The molecule has 6 heteroatoms. The summed E-state index contributed by atoms with van der Waals surface area (Å²) >= 11 is 6.32. The van der Waals surface area contributed by atoms with Crippen LogP contribution in [-0.4, -0.2) is 23.9 Å². The number of aryl methyl sites for hydroxylation is 1. The number of aliphatic hydroxyl groups excluding tert-OH is 1. The lowest BCUT2D eigenvalue weighted by Crippen LogP contribution is -2.29. The van der Waals surface area contributed by atoms with Crippen molar-refractivity contribution >= 4 is 34.7 Å². The van der Waals surface area contributed by atoms with E-state index in [0.29, 0.717) is 17.0 Å². The van der Waals surface area contributed by atoms with Gasteiger partial charge in [0.1, 0.15) is 11.5 Å². The van der Waals surface area contributed by atoms with E-state index in [9.17, 15) is 14.7 Å². The lowest BCUT2D eigenvalue weighted by Gasteiger charge is -2.25. The highest BCUT2D eigenvalue weighted by atomic mass is 35.5. The van der Waals surface area contributed by atoms with E-state index in [1.165, 1.54) is 12.0 Å². The molecule has 4 rings (SSSR count). The number of hydrogen-bond acceptors (Lipinski definition) is 4. The third kappa shape index (κ3) is 3.68. The van der Waals surface area contributed by atoms with Gasteiger partial charge in [0.2, 0.25) is 0 Å². The highest BCUT2D eigenvalue weighted by molar-refractivity contribution is 6.52. The van der Waals surface area contributed by atoms with Crippen molar-refractivity contribution in [2.24, 2.45) is 0 Å². The van der Waals surface area contributed by atoms with Crippen molar-refractivity contribution < 1.29 is 19.4 Å². The number of ether oxygens (including phenoxy) is 1. The molecular weight excluding hydrogens is 414 g/mol. The minimum absolute atomic E-state index is 0.0189. The maximum atomic E-state index is 13.2. The summed E-state index contributed by atoms with van der Waals surface area (Å²) in [4.78, 5) is 27.7. The fourth-order valence-corrected chi connectivity index (χ4v) is 4.01. The Morgan fingerprint density at radius 3 is 2.42 bits per heavy atom. The molecule has 0 bridgehead atoms. The van der Waals surface area contributed by atoms with Crippen molar-refractivity contribution in [2.75, 3.05) is 12.0 Å². The molecule has 0 saturated carbocycles. The SMILES string of the molecule is COc1ccc(Cl)c(/C(O)=C2\C(=O)C(=O)N(c3ccccc3)C2c2cccc(C)c2)c1. The van der Waals surface area contributed by atoms with Gasteiger partial charge in [-0.25, -0.2) is 0 Å². The molecule has 1 fully saturated rings. The van der Waals surface area contributed by atoms with Crippen molar-refractivity contribution in [1.82, 2.24) is 0 Å². The second kappa shape index (κ2) is 8.28. The summed E-state index contributed by atoms with van der Waals surface area (Å²) in [5.41, 5.74) is 2.45. The van der Waals surface area contributed by atoms with E-state index in [4.69, 9.17) is 16.3 Å². The maximum Gasteiger partial charge on any atom is 0.300 e.